The van der Waals surface area contributed by atoms with E-state index in [9.17, 15) is 0 Å². The first-order chi connectivity index (χ1) is 10.1. The first-order valence-electron chi connectivity index (χ1n) is 7.01. The van der Waals surface area contributed by atoms with Crippen LogP contribution >= 0.6 is 11.6 Å². The fraction of sp³-hybridized carbons (Fsp3) is 0.375. The van der Waals surface area contributed by atoms with Gasteiger partial charge in [-0.3, -0.25) is 0 Å². The molecule has 0 aliphatic rings. The number of hydrogen-bond acceptors (Lipinski definition) is 4. The van der Waals surface area contributed by atoms with E-state index in [2.05, 4.69) is 22.2 Å². The van der Waals surface area contributed by atoms with Gasteiger partial charge in [-0.1, -0.05) is 18.5 Å². The number of halogens is 1. The summed E-state index contributed by atoms with van der Waals surface area (Å²) in [6.45, 7) is 5.46. The number of rotatable bonds is 6. The minimum atomic E-state index is 0.461. The SMILES string of the molecule is CCCNc1cc(COC)nc(-c2ccc(Cl)cc2C)n1. The summed E-state index contributed by atoms with van der Waals surface area (Å²) in [4.78, 5) is 9.17. The number of aryl methyl sites for hydroxylation is 1. The molecule has 1 aromatic carbocycles. The summed E-state index contributed by atoms with van der Waals surface area (Å²) < 4.78 is 5.19. The van der Waals surface area contributed by atoms with E-state index in [0.717, 1.165) is 35.6 Å². The molecular formula is C16H20ClN3O. The average Bonchev–Trinajstić information content (AvgIpc) is 2.45. The lowest BCUT2D eigenvalue weighted by molar-refractivity contribution is 0.181. The molecule has 0 saturated carbocycles. The fourth-order valence-corrected chi connectivity index (χ4v) is 2.29. The quantitative estimate of drug-likeness (QED) is 0.874. The molecule has 1 aromatic heterocycles. The van der Waals surface area contributed by atoms with Crippen molar-refractivity contribution in [2.45, 2.75) is 26.9 Å². The van der Waals surface area contributed by atoms with Crippen molar-refractivity contribution < 1.29 is 4.74 Å². The molecule has 21 heavy (non-hydrogen) atoms. The highest BCUT2D eigenvalue weighted by atomic mass is 35.5. The molecule has 0 fully saturated rings. The molecule has 4 nitrogen and oxygen atoms in total. The Hall–Kier alpha value is -1.65. The minimum Gasteiger partial charge on any atom is -0.378 e. The molecule has 0 aliphatic carbocycles. The Kier molecular flexibility index (Phi) is 5.53. The zero-order valence-electron chi connectivity index (χ0n) is 12.6. The van der Waals surface area contributed by atoms with Gasteiger partial charge in [0.05, 0.1) is 12.3 Å². The molecule has 1 heterocycles. The van der Waals surface area contributed by atoms with Crippen LogP contribution < -0.4 is 5.32 Å². The highest BCUT2D eigenvalue weighted by Crippen LogP contribution is 2.24. The van der Waals surface area contributed by atoms with Crippen molar-refractivity contribution in [3.05, 3.63) is 40.5 Å². The van der Waals surface area contributed by atoms with Gasteiger partial charge in [-0.2, -0.15) is 0 Å². The maximum Gasteiger partial charge on any atom is 0.162 e. The second kappa shape index (κ2) is 7.38. The largest absolute Gasteiger partial charge is 0.378 e. The van der Waals surface area contributed by atoms with Crippen molar-refractivity contribution in [3.8, 4) is 11.4 Å². The van der Waals surface area contributed by atoms with E-state index in [1.807, 2.05) is 31.2 Å². The number of nitrogens with one attached hydrogen (secondary N) is 1. The Morgan fingerprint density at radius 2 is 2.05 bits per heavy atom. The maximum absolute atomic E-state index is 6.01. The number of benzene rings is 1. The van der Waals surface area contributed by atoms with Gasteiger partial charge in [0.15, 0.2) is 5.82 Å². The lowest BCUT2D eigenvalue weighted by Gasteiger charge is -2.11. The number of anilines is 1. The zero-order valence-corrected chi connectivity index (χ0v) is 13.4. The molecule has 0 atom stereocenters. The summed E-state index contributed by atoms with van der Waals surface area (Å²) in [5, 5.41) is 4.02. The summed E-state index contributed by atoms with van der Waals surface area (Å²) in [7, 11) is 1.66. The lowest BCUT2D eigenvalue weighted by atomic mass is 10.1. The third kappa shape index (κ3) is 4.16. The Balaban J connectivity index is 2.43. The average molecular weight is 306 g/mol. The molecule has 1 N–H and O–H groups in total. The van der Waals surface area contributed by atoms with Gasteiger partial charge in [-0.05, 0) is 37.1 Å². The van der Waals surface area contributed by atoms with Crippen molar-refractivity contribution in [2.75, 3.05) is 19.0 Å². The van der Waals surface area contributed by atoms with Crippen molar-refractivity contribution in [1.82, 2.24) is 9.97 Å². The number of aromatic nitrogens is 2. The molecule has 0 saturated heterocycles. The summed E-state index contributed by atoms with van der Waals surface area (Å²) in [6.07, 6.45) is 1.04. The molecule has 0 amide bonds. The van der Waals surface area contributed by atoms with Gasteiger partial charge >= 0.3 is 0 Å². The van der Waals surface area contributed by atoms with Crippen LogP contribution in [0.5, 0.6) is 0 Å². The maximum atomic E-state index is 6.01. The van der Waals surface area contributed by atoms with Gasteiger partial charge in [0, 0.05) is 30.3 Å². The molecule has 0 radical (unpaired) electrons. The Morgan fingerprint density at radius 1 is 1.24 bits per heavy atom. The van der Waals surface area contributed by atoms with Crippen molar-refractivity contribution in [2.24, 2.45) is 0 Å². The summed E-state index contributed by atoms with van der Waals surface area (Å²) in [5.41, 5.74) is 2.89. The molecule has 2 rings (SSSR count). The van der Waals surface area contributed by atoms with E-state index >= 15 is 0 Å². The predicted molar refractivity (Wildman–Crippen MR) is 86.7 cm³/mol. The van der Waals surface area contributed by atoms with Crippen LogP contribution in [0.1, 0.15) is 24.6 Å². The van der Waals surface area contributed by atoms with Gasteiger partial charge in [-0.25, -0.2) is 9.97 Å². The third-order valence-electron chi connectivity index (χ3n) is 3.06. The molecular weight excluding hydrogens is 286 g/mol. The zero-order chi connectivity index (χ0) is 15.2. The van der Waals surface area contributed by atoms with Crippen LogP contribution in [0, 0.1) is 6.92 Å². The number of hydrogen-bond donors (Lipinski definition) is 1. The van der Waals surface area contributed by atoms with Gasteiger partial charge in [-0.15, -0.1) is 0 Å². The Bertz CT molecular complexity index is 616. The Labute approximate surface area is 130 Å². The fourth-order valence-electron chi connectivity index (χ4n) is 2.06. The van der Waals surface area contributed by atoms with Crippen LogP contribution in [0.25, 0.3) is 11.4 Å². The second-order valence-corrected chi connectivity index (χ2v) is 5.32. The highest BCUT2D eigenvalue weighted by Gasteiger charge is 2.09. The predicted octanol–water partition coefficient (Wildman–Crippen LogP) is 4.07. The van der Waals surface area contributed by atoms with E-state index < -0.39 is 0 Å². The van der Waals surface area contributed by atoms with Crippen LogP contribution in [-0.2, 0) is 11.3 Å². The topological polar surface area (TPSA) is 47.0 Å². The summed E-state index contributed by atoms with van der Waals surface area (Å²) >= 11 is 6.01. The molecule has 2 aromatic rings. The molecule has 0 unspecified atom stereocenters. The van der Waals surface area contributed by atoms with Gasteiger partial charge in [0.25, 0.3) is 0 Å². The standard InChI is InChI=1S/C16H20ClN3O/c1-4-7-18-15-9-13(10-21-3)19-16(20-15)14-6-5-12(17)8-11(14)2/h5-6,8-9H,4,7,10H2,1-3H3,(H,18,19,20). The summed E-state index contributed by atoms with van der Waals surface area (Å²) in [5.74, 6) is 1.51. The van der Waals surface area contributed by atoms with Gasteiger partial charge in [0.1, 0.15) is 5.82 Å². The molecule has 0 spiro atoms. The van der Waals surface area contributed by atoms with Crippen LogP contribution in [0.4, 0.5) is 5.82 Å². The van der Waals surface area contributed by atoms with E-state index in [-0.39, 0.29) is 0 Å². The van der Waals surface area contributed by atoms with Crippen LogP contribution in [-0.4, -0.2) is 23.6 Å². The summed E-state index contributed by atoms with van der Waals surface area (Å²) in [6, 6.07) is 7.65. The van der Waals surface area contributed by atoms with Gasteiger partial charge in [0.2, 0.25) is 0 Å². The van der Waals surface area contributed by atoms with E-state index in [4.69, 9.17) is 16.3 Å². The van der Waals surface area contributed by atoms with Crippen LogP contribution in [0.3, 0.4) is 0 Å². The smallest absolute Gasteiger partial charge is 0.162 e. The molecule has 0 aliphatic heterocycles. The molecule has 5 heteroatoms. The van der Waals surface area contributed by atoms with E-state index in [1.54, 1.807) is 7.11 Å². The van der Waals surface area contributed by atoms with Crippen molar-refractivity contribution >= 4 is 17.4 Å². The highest BCUT2D eigenvalue weighted by molar-refractivity contribution is 6.30. The Morgan fingerprint density at radius 3 is 2.71 bits per heavy atom. The van der Waals surface area contributed by atoms with Crippen molar-refractivity contribution in [3.63, 3.8) is 0 Å². The van der Waals surface area contributed by atoms with Gasteiger partial charge < -0.3 is 10.1 Å². The number of methoxy groups -OCH3 is 1. The molecule has 0 bridgehead atoms. The first-order valence-corrected chi connectivity index (χ1v) is 7.39. The number of nitrogens with zero attached hydrogens (tertiary/aromatic N) is 2. The van der Waals surface area contributed by atoms with Crippen molar-refractivity contribution in [1.29, 1.82) is 0 Å². The second-order valence-electron chi connectivity index (χ2n) is 4.89. The lowest BCUT2D eigenvalue weighted by Crippen LogP contribution is -2.06. The van der Waals surface area contributed by atoms with Crippen LogP contribution in [0.2, 0.25) is 5.02 Å². The molecule has 112 valence electrons. The van der Waals surface area contributed by atoms with Crippen LogP contribution in [0.15, 0.2) is 24.3 Å². The minimum absolute atomic E-state index is 0.461. The normalized spacial score (nSPS) is 10.7. The van der Waals surface area contributed by atoms with E-state index in [1.165, 1.54) is 0 Å². The number of ether oxygens (including phenoxy) is 1. The van der Waals surface area contributed by atoms with E-state index in [0.29, 0.717) is 17.5 Å². The first kappa shape index (κ1) is 15.7. The third-order valence-corrected chi connectivity index (χ3v) is 3.29. The monoisotopic (exact) mass is 305 g/mol.